The van der Waals surface area contributed by atoms with E-state index in [-0.39, 0.29) is 29.9 Å². The molecule has 1 aromatic rings. The zero-order valence-corrected chi connectivity index (χ0v) is 13.4. The lowest BCUT2D eigenvalue weighted by molar-refractivity contribution is -0.127. The monoisotopic (exact) mass is 331 g/mol. The number of nitriles is 1. The van der Waals surface area contributed by atoms with Crippen molar-refractivity contribution in [2.24, 2.45) is 0 Å². The maximum atomic E-state index is 12.1. The number of nitrogens with zero attached hydrogens (tertiary/aromatic N) is 2. The van der Waals surface area contributed by atoms with Crippen LogP contribution in [0.25, 0.3) is 0 Å². The van der Waals surface area contributed by atoms with Crippen LogP contribution in [0.5, 0.6) is 0 Å². The van der Waals surface area contributed by atoms with E-state index < -0.39 is 0 Å². The van der Waals surface area contributed by atoms with E-state index in [1.54, 1.807) is 12.1 Å². The Morgan fingerprint density at radius 3 is 2.91 bits per heavy atom. The summed E-state index contributed by atoms with van der Waals surface area (Å²) in [5, 5.41) is 12.7. The number of rotatable bonds is 4. The van der Waals surface area contributed by atoms with Gasteiger partial charge in [0.25, 0.3) is 0 Å². The largest absolute Gasteiger partial charge is 0.469 e. The first-order valence-corrected chi connectivity index (χ1v) is 8.55. The molecule has 0 aromatic carbocycles. The molecule has 0 spiro atoms. The lowest BCUT2D eigenvalue weighted by Gasteiger charge is -2.23. The molecule has 120 valence electrons. The third-order valence-corrected chi connectivity index (χ3v) is 5.04. The highest BCUT2D eigenvalue weighted by molar-refractivity contribution is 8.03. The van der Waals surface area contributed by atoms with Gasteiger partial charge in [0.1, 0.15) is 5.76 Å². The SMILES string of the molecule is N#CC1=C(SCC(=O)N2CCCC2)NC(=O)C[C@@H]1c1ccco1. The van der Waals surface area contributed by atoms with E-state index in [9.17, 15) is 14.9 Å². The molecule has 1 fully saturated rings. The standard InChI is InChI=1S/C16H17N3O3S/c17-9-12-11(13-4-3-7-22-13)8-14(20)18-16(12)23-10-15(21)19-5-1-2-6-19/h3-4,7,11H,1-2,5-6,8,10H2,(H,18,20)/t11-/m0/s1. The van der Waals surface area contributed by atoms with Gasteiger partial charge in [-0.1, -0.05) is 11.8 Å². The van der Waals surface area contributed by atoms with Gasteiger partial charge in [-0.25, -0.2) is 0 Å². The zero-order chi connectivity index (χ0) is 16.2. The highest BCUT2D eigenvalue weighted by Gasteiger charge is 2.31. The molecule has 2 aliphatic heterocycles. The second-order valence-corrected chi connectivity index (χ2v) is 6.54. The van der Waals surface area contributed by atoms with Crippen LogP contribution in [0.2, 0.25) is 0 Å². The van der Waals surface area contributed by atoms with E-state index in [2.05, 4.69) is 11.4 Å². The van der Waals surface area contributed by atoms with Gasteiger partial charge in [0, 0.05) is 19.5 Å². The number of thioether (sulfide) groups is 1. The summed E-state index contributed by atoms with van der Waals surface area (Å²) in [4.78, 5) is 25.9. The molecular formula is C16H17N3O3S. The van der Waals surface area contributed by atoms with Gasteiger partial charge in [0.15, 0.2) is 0 Å². The van der Waals surface area contributed by atoms with Crippen molar-refractivity contribution in [2.75, 3.05) is 18.8 Å². The summed E-state index contributed by atoms with van der Waals surface area (Å²) in [5.74, 6) is 0.327. The molecule has 0 bridgehead atoms. The first kappa shape index (κ1) is 15.7. The average molecular weight is 331 g/mol. The number of allylic oxidation sites excluding steroid dienone is 1. The normalized spacial score (nSPS) is 21.3. The third kappa shape index (κ3) is 3.42. The lowest BCUT2D eigenvalue weighted by Crippen LogP contribution is -2.33. The van der Waals surface area contributed by atoms with Crippen molar-refractivity contribution in [2.45, 2.75) is 25.2 Å². The Morgan fingerprint density at radius 1 is 1.48 bits per heavy atom. The molecule has 1 saturated heterocycles. The van der Waals surface area contributed by atoms with Gasteiger partial charge in [-0.3, -0.25) is 9.59 Å². The molecule has 3 rings (SSSR count). The summed E-state index contributed by atoms with van der Waals surface area (Å²) in [6, 6.07) is 5.66. The predicted octanol–water partition coefficient (Wildman–Crippen LogP) is 1.97. The topological polar surface area (TPSA) is 86.3 Å². The summed E-state index contributed by atoms with van der Waals surface area (Å²) >= 11 is 1.22. The summed E-state index contributed by atoms with van der Waals surface area (Å²) in [5.41, 5.74) is 0.457. The number of nitrogens with one attached hydrogen (secondary N) is 1. The summed E-state index contributed by atoms with van der Waals surface area (Å²) in [6.07, 6.45) is 3.79. The molecule has 0 saturated carbocycles. The quantitative estimate of drug-likeness (QED) is 0.911. The average Bonchev–Trinajstić information content (AvgIpc) is 3.24. The van der Waals surface area contributed by atoms with E-state index in [4.69, 9.17) is 4.42 Å². The van der Waals surface area contributed by atoms with Gasteiger partial charge in [-0.05, 0) is 25.0 Å². The molecule has 7 heteroatoms. The Kier molecular flexibility index (Phi) is 4.72. The molecule has 1 N–H and O–H groups in total. The van der Waals surface area contributed by atoms with E-state index >= 15 is 0 Å². The fourth-order valence-corrected chi connectivity index (χ4v) is 3.84. The number of hydrogen-bond donors (Lipinski definition) is 1. The van der Waals surface area contributed by atoms with E-state index in [1.807, 2.05) is 4.90 Å². The van der Waals surface area contributed by atoms with Crippen LogP contribution >= 0.6 is 11.8 Å². The van der Waals surface area contributed by atoms with Crippen molar-refractivity contribution in [3.63, 3.8) is 0 Å². The van der Waals surface area contributed by atoms with Crippen LogP contribution in [0.3, 0.4) is 0 Å². The lowest BCUT2D eigenvalue weighted by atomic mass is 9.92. The van der Waals surface area contributed by atoms with E-state index in [0.717, 1.165) is 25.9 Å². The van der Waals surface area contributed by atoms with Gasteiger partial charge in [0.2, 0.25) is 11.8 Å². The minimum absolute atomic E-state index is 0.0478. The van der Waals surface area contributed by atoms with E-state index in [0.29, 0.717) is 16.4 Å². The van der Waals surface area contributed by atoms with Crippen LogP contribution in [0.1, 0.15) is 30.9 Å². The van der Waals surface area contributed by atoms with Crippen LogP contribution in [0.15, 0.2) is 33.4 Å². The first-order chi connectivity index (χ1) is 11.2. The van der Waals surface area contributed by atoms with Crippen molar-refractivity contribution in [3.05, 3.63) is 34.8 Å². The number of amides is 2. The number of furan rings is 1. The highest BCUT2D eigenvalue weighted by atomic mass is 32.2. The smallest absolute Gasteiger partial charge is 0.232 e. The number of carbonyl (C=O) groups is 2. The minimum atomic E-state index is -0.381. The fourth-order valence-electron chi connectivity index (χ4n) is 2.86. The van der Waals surface area contributed by atoms with Crippen molar-refractivity contribution in [1.82, 2.24) is 10.2 Å². The van der Waals surface area contributed by atoms with E-state index in [1.165, 1.54) is 18.0 Å². The van der Waals surface area contributed by atoms with Gasteiger partial charge in [0.05, 0.1) is 34.6 Å². The first-order valence-electron chi connectivity index (χ1n) is 7.57. The van der Waals surface area contributed by atoms with Gasteiger partial charge < -0.3 is 14.6 Å². The van der Waals surface area contributed by atoms with Crippen LogP contribution < -0.4 is 5.32 Å². The summed E-state index contributed by atoms with van der Waals surface area (Å²) < 4.78 is 5.36. The van der Waals surface area contributed by atoms with Crippen LogP contribution in [-0.2, 0) is 9.59 Å². The molecule has 2 aliphatic rings. The molecule has 0 aliphatic carbocycles. The van der Waals surface area contributed by atoms with Crippen LogP contribution in [0.4, 0.5) is 0 Å². The Balaban J connectivity index is 1.75. The number of likely N-dealkylation sites (tertiary alicyclic amines) is 1. The molecular weight excluding hydrogens is 314 g/mol. The second-order valence-electron chi connectivity index (χ2n) is 5.55. The summed E-state index contributed by atoms with van der Waals surface area (Å²) in [6.45, 7) is 1.59. The molecule has 6 nitrogen and oxygen atoms in total. The Bertz CT molecular complexity index is 669. The number of carbonyl (C=O) groups excluding carboxylic acids is 2. The van der Waals surface area contributed by atoms with Crippen molar-refractivity contribution < 1.29 is 14.0 Å². The Labute approximate surface area is 138 Å². The maximum absolute atomic E-state index is 12.1. The van der Waals surface area contributed by atoms with Crippen LogP contribution in [0, 0.1) is 11.3 Å². The molecule has 1 atom stereocenters. The molecule has 3 heterocycles. The molecule has 0 radical (unpaired) electrons. The maximum Gasteiger partial charge on any atom is 0.232 e. The van der Waals surface area contributed by atoms with Crippen molar-refractivity contribution in [3.8, 4) is 6.07 Å². The Morgan fingerprint density at radius 2 is 2.26 bits per heavy atom. The minimum Gasteiger partial charge on any atom is -0.469 e. The second kappa shape index (κ2) is 6.92. The van der Waals surface area contributed by atoms with Crippen molar-refractivity contribution >= 4 is 23.6 Å². The highest BCUT2D eigenvalue weighted by Crippen LogP contribution is 2.36. The van der Waals surface area contributed by atoms with Gasteiger partial charge in [-0.15, -0.1) is 0 Å². The fraction of sp³-hybridized carbons (Fsp3) is 0.438. The summed E-state index contributed by atoms with van der Waals surface area (Å²) in [7, 11) is 0. The molecule has 23 heavy (non-hydrogen) atoms. The van der Waals surface area contributed by atoms with Gasteiger partial charge in [-0.2, -0.15) is 5.26 Å². The van der Waals surface area contributed by atoms with Crippen molar-refractivity contribution in [1.29, 1.82) is 5.26 Å². The molecule has 0 unspecified atom stereocenters. The molecule has 1 aromatic heterocycles. The Hall–Kier alpha value is -2.20. The molecule has 2 amide bonds. The number of hydrogen-bond acceptors (Lipinski definition) is 5. The van der Waals surface area contributed by atoms with Gasteiger partial charge >= 0.3 is 0 Å². The van der Waals surface area contributed by atoms with Crippen LogP contribution in [-0.4, -0.2) is 35.6 Å². The zero-order valence-electron chi connectivity index (χ0n) is 12.6. The third-order valence-electron chi connectivity index (χ3n) is 4.04. The predicted molar refractivity (Wildman–Crippen MR) is 85.1 cm³/mol.